The van der Waals surface area contributed by atoms with Crippen molar-refractivity contribution in [2.24, 2.45) is 5.92 Å². The van der Waals surface area contributed by atoms with Crippen LogP contribution in [0.25, 0.3) is 0 Å². The predicted octanol–water partition coefficient (Wildman–Crippen LogP) is 2.65. The molecule has 1 fully saturated rings. The van der Waals surface area contributed by atoms with Crippen LogP contribution in [0.3, 0.4) is 0 Å². The summed E-state index contributed by atoms with van der Waals surface area (Å²) in [7, 11) is -2.52. The van der Waals surface area contributed by atoms with Gasteiger partial charge in [0.2, 0.25) is 15.9 Å². The number of sulfonamides is 1. The lowest BCUT2D eigenvalue weighted by Gasteiger charge is -2.31. The van der Waals surface area contributed by atoms with E-state index in [1.54, 1.807) is 12.1 Å². The second-order valence-corrected chi connectivity index (χ2v) is 8.65. The van der Waals surface area contributed by atoms with Gasteiger partial charge in [0.25, 0.3) is 0 Å². The van der Waals surface area contributed by atoms with Crippen molar-refractivity contribution >= 4 is 27.6 Å². The molecule has 154 valence electrons. The van der Waals surface area contributed by atoms with E-state index in [1.165, 1.54) is 35.7 Å². The van der Waals surface area contributed by atoms with Crippen LogP contribution in [0.4, 0.5) is 10.1 Å². The number of carbonyl (C=O) groups is 2. The molecule has 29 heavy (non-hydrogen) atoms. The average Bonchev–Trinajstić information content (AvgIpc) is 2.74. The molecule has 0 unspecified atom stereocenters. The minimum Gasteiger partial charge on any atom is -0.465 e. The molecule has 0 aliphatic carbocycles. The molecule has 0 spiro atoms. The van der Waals surface area contributed by atoms with Gasteiger partial charge in [-0.15, -0.1) is 0 Å². The maximum Gasteiger partial charge on any atom is 0.337 e. The summed E-state index contributed by atoms with van der Waals surface area (Å²) in [6, 6.07) is 10.9. The largest absolute Gasteiger partial charge is 0.465 e. The third-order valence-corrected chi connectivity index (χ3v) is 6.66. The van der Waals surface area contributed by atoms with E-state index in [0.717, 1.165) is 12.1 Å². The van der Waals surface area contributed by atoms with Crippen LogP contribution in [0, 0.1) is 11.7 Å². The highest BCUT2D eigenvalue weighted by Crippen LogP contribution is 2.25. The molecule has 1 atom stereocenters. The van der Waals surface area contributed by atoms with E-state index in [4.69, 9.17) is 0 Å². The highest BCUT2D eigenvalue weighted by molar-refractivity contribution is 7.89. The molecule has 3 rings (SSSR count). The van der Waals surface area contributed by atoms with E-state index < -0.39 is 27.7 Å². The molecule has 0 radical (unpaired) electrons. The fraction of sp³-hybridized carbons (Fsp3) is 0.300. The Morgan fingerprint density at radius 1 is 1.10 bits per heavy atom. The van der Waals surface area contributed by atoms with Crippen molar-refractivity contribution < 1.29 is 27.1 Å². The van der Waals surface area contributed by atoms with Gasteiger partial charge < -0.3 is 10.1 Å². The lowest BCUT2D eigenvalue weighted by Crippen LogP contribution is -2.43. The first-order valence-corrected chi connectivity index (χ1v) is 10.5. The van der Waals surface area contributed by atoms with Gasteiger partial charge >= 0.3 is 5.97 Å². The van der Waals surface area contributed by atoms with Crippen LogP contribution in [0.15, 0.2) is 53.4 Å². The quantitative estimate of drug-likeness (QED) is 0.751. The summed E-state index contributed by atoms with van der Waals surface area (Å²) in [5.41, 5.74) is 0.862. The predicted molar refractivity (Wildman–Crippen MR) is 104 cm³/mol. The first kappa shape index (κ1) is 20.9. The lowest BCUT2D eigenvalue weighted by atomic mass is 9.98. The summed E-state index contributed by atoms with van der Waals surface area (Å²) in [4.78, 5) is 24.1. The summed E-state index contributed by atoms with van der Waals surface area (Å²) >= 11 is 0. The zero-order valence-electron chi connectivity index (χ0n) is 15.8. The third kappa shape index (κ3) is 4.80. The Hall–Kier alpha value is -2.78. The van der Waals surface area contributed by atoms with Crippen LogP contribution < -0.4 is 5.32 Å². The zero-order chi connectivity index (χ0) is 21.0. The number of amides is 1. The van der Waals surface area contributed by atoms with E-state index in [0.29, 0.717) is 30.6 Å². The van der Waals surface area contributed by atoms with Gasteiger partial charge in [-0.2, -0.15) is 4.31 Å². The molecule has 2 aromatic carbocycles. The number of hydrogen-bond acceptors (Lipinski definition) is 5. The highest BCUT2D eigenvalue weighted by atomic mass is 32.2. The van der Waals surface area contributed by atoms with E-state index in [2.05, 4.69) is 10.1 Å². The molecule has 9 heteroatoms. The van der Waals surface area contributed by atoms with Crippen molar-refractivity contribution in [1.82, 2.24) is 4.31 Å². The first-order chi connectivity index (χ1) is 13.8. The lowest BCUT2D eigenvalue weighted by molar-refractivity contribution is -0.120. The Balaban J connectivity index is 1.67. The second-order valence-electron chi connectivity index (χ2n) is 6.71. The van der Waals surface area contributed by atoms with E-state index in [-0.39, 0.29) is 17.3 Å². The van der Waals surface area contributed by atoms with Gasteiger partial charge in [0.05, 0.1) is 23.5 Å². The van der Waals surface area contributed by atoms with Crippen molar-refractivity contribution in [1.29, 1.82) is 0 Å². The Kier molecular flexibility index (Phi) is 6.29. The van der Waals surface area contributed by atoms with Gasteiger partial charge in [-0.25, -0.2) is 17.6 Å². The average molecular weight is 420 g/mol. The zero-order valence-corrected chi connectivity index (χ0v) is 16.6. The molecule has 1 N–H and O–H groups in total. The van der Waals surface area contributed by atoms with Gasteiger partial charge in [-0.3, -0.25) is 4.79 Å². The molecule has 1 heterocycles. The van der Waals surface area contributed by atoms with Crippen LogP contribution in [-0.4, -0.2) is 44.8 Å². The standard InChI is InChI=1S/C20H21FN2O5S/c1-28-20(25)14-4-8-17(9-5-14)22-19(24)15-3-2-12-23(13-15)29(26,27)18-10-6-16(21)7-11-18/h4-11,15H,2-3,12-13H2,1H3,(H,22,24)/t15-/m1/s1. The van der Waals surface area contributed by atoms with Crippen LogP contribution in [0.5, 0.6) is 0 Å². The molecular weight excluding hydrogens is 399 g/mol. The van der Waals surface area contributed by atoms with Gasteiger partial charge in [-0.1, -0.05) is 0 Å². The van der Waals surface area contributed by atoms with Crippen LogP contribution in [0.2, 0.25) is 0 Å². The summed E-state index contributed by atoms with van der Waals surface area (Å²) in [6.07, 6.45) is 1.10. The van der Waals surface area contributed by atoms with Crippen molar-refractivity contribution in [3.8, 4) is 0 Å². The van der Waals surface area contributed by atoms with Crippen molar-refractivity contribution in [2.45, 2.75) is 17.7 Å². The van der Waals surface area contributed by atoms with Crippen LogP contribution in [-0.2, 0) is 19.6 Å². The number of rotatable bonds is 5. The molecule has 1 aliphatic rings. The van der Waals surface area contributed by atoms with Crippen LogP contribution >= 0.6 is 0 Å². The van der Waals surface area contributed by atoms with Crippen molar-refractivity contribution in [2.75, 3.05) is 25.5 Å². The third-order valence-electron chi connectivity index (χ3n) is 4.78. The number of nitrogens with zero attached hydrogens (tertiary/aromatic N) is 1. The maximum absolute atomic E-state index is 13.1. The number of nitrogens with one attached hydrogen (secondary N) is 1. The Morgan fingerprint density at radius 2 is 1.76 bits per heavy atom. The number of benzene rings is 2. The number of methoxy groups -OCH3 is 1. The molecular formula is C20H21FN2O5S. The topological polar surface area (TPSA) is 92.8 Å². The Labute approximate surface area is 168 Å². The van der Waals surface area contributed by atoms with Gasteiger partial charge in [0, 0.05) is 18.8 Å². The van der Waals surface area contributed by atoms with E-state index in [9.17, 15) is 22.4 Å². The fourth-order valence-electron chi connectivity index (χ4n) is 3.18. The van der Waals surface area contributed by atoms with Crippen molar-refractivity contribution in [3.63, 3.8) is 0 Å². The number of anilines is 1. The second kappa shape index (κ2) is 8.71. The normalized spacial score (nSPS) is 17.5. The number of esters is 1. The number of ether oxygens (including phenoxy) is 1. The van der Waals surface area contributed by atoms with E-state index in [1.807, 2.05) is 0 Å². The smallest absolute Gasteiger partial charge is 0.337 e. The van der Waals surface area contributed by atoms with Gasteiger partial charge in [-0.05, 0) is 61.4 Å². The molecule has 7 nitrogen and oxygen atoms in total. The maximum atomic E-state index is 13.1. The molecule has 0 aromatic heterocycles. The molecule has 1 aliphatic heterocycles. The van der Waals surface area contributed by atoms with Gasteiger partial charge in [0.1, 0.15) is 5.82 Å². The molecule has 1 saturated heterocycles. The molecule has 2 aromatic rings. The number of piperidine rings is 1. The van der Waals surface area contributed by atoms with E-state index >= 15 is 0 Å². The Morgan fingerprint density at radius 3 is 2.38 bits per heavy atom. The van der Waals surface area contributed by atoms with Gasteiger partial charge in [0.15, 0.2) is 0 Å². The molecule has 0 saturated carbocycles. The summed E-state index contributed by atoms with van der Waals surface area (Å²) in [5.74, 6) is -1.80. The number of hydrogen-bond donors (Lipinski definition) is 1. The van der Waals surface area contributed by atoms with Crippen molar-refractivity contribution in [3.05, 3.63) is 59.9 Å². The van der Waals surface area contributed by atoms with Crippen LogP contribution in [0.1, 0.15) is 23.2 Å². The first-order valence-electron chi connectivity index (χ1n) is 9.06. The fourth-order valence-corrected chi connectivity index (χ4v) is 4.71. The minimum absolute atomic E-state index is 0.00152. The summed E-state index contributed by atoms with van der Waals surface area (Å²) < 4.78 is 44.5. The number of halogens is 1. The summed E-state index contributed by atoms with van der Waals surface area (Å²) in [5, 5.41) is 2.75. The molecule has 0 bridgehead atoms. The SMILES string of the molecule is COC(=O)c1ccc(NC(=O)[C@@H]2CCCN(S(=O)(=O)c3ccc(F)cc3)C2)cc1. The number of carbonyl (C=O) groups excluding carboxylic acids is 2. The summed E-state index contributed by atoms with van der Waals surface area (Å²) in [6.45, 7) is 0.350. The minimum atomic E-state index is -3.80. The monoisotopic (exact) mass is 420 g/mol. The molecule has 1 amide bonds. The Bertz CT molecular complexity index is 991. The highest BCUT2D eigenvalue weighted by Gasteiger charge is 2.33.